The van der Waals surface area contributed by atoms with Gasteiger partial charge >= 0.3 is 0 Å². The van der Waals surface area contributed by atoms with Crippen LogP contribution < -0.4 is 0 Å². The molecule has 0 aromatic carbocycles. The molecule has 3 nitrogen and oxygen atoms in total. The molecule has 1 aliphatic heterocycles. The molecule has 0 N–H and O–H groups in total. The van der Waals surface area contributed by atoms with Gasteiger partial charge in [-0.05, 0) is 0 Å². The van der Waals surface area contributed by atoms with Crippen molar-refractivity contribution in [1.29, 1.82) is 0 Å². The zero-order chi connectivity index (χ0) is 7.52. The monoisotopic (exact) mass is 148 g/mol. The van der Waals surface area contributed by atoms with Crippen molar-refractivity contribution in [2.45, 2.75) is 6.42 Å². The fourth-order valence-corrected chi connectivity index (χ4v) is 1.06. The highest BCUT2D eigenvalue weighted by Crippen LogP contribution is 2.20. The summed E-state index contributed by atoms with van der Waals surface area (Å²) in [5.41, 5.74) is 2.25. The van der Waals surface area contributed by atoms with E-state index in [9.17, 15) is 0 Å². The number of rotatable bonds is 1. The van der Waals surface area contributed by atoms with Crippen LogP contribution >= 0.6 is 0 Å². The Hall–Kier alpha value is -1.38. The standard InChI is InChI=1S/C8H8N2O/c1-2-11-5-7(1)8-3-9-6-10-4-8/h3-6H,1-2H2. The fraction of sp³-hybridized carbons (Fsp3) is 0.250. The first-order valence-corrected chi connectivity index (χ1v) is 3.53. The molecule has 0 bridgehead atoms. The van der Waals surface area contributed by atoms with E-state index in [-0.39, 0.29) is 0 Å². The van der Waals surface area contributed by atoms with E-state index in [0.717, 1.165) is 18.6 Å². The van der Waals surface area contributed by atoms with Gasteiger partial charge in [0.2, 0.25) is 0 Å². The molecule has 0 amide bonds. The molecule has 0 fully saturated rings. The van der Waals surface area contributed by atoms with E-state index >= 15 is 0 Å². The molecule has 3 heteroatoms. The molecule has 0 radical (unpaired) electrons. The van der Waals surface area contributed by atoms with E-state index in [2.05, 4.69) is 9.97 Å². The Labute approximate surface area is 64.7 Å². The summed E-state index contributed by atoms with van der Waals surface area (Å²) < 4.78 is 5.09. The van der Waals surface area contributed by atoms with Gasteiger partial charge in [0.25, 0.3) is 0 Å². The summed E-state index contributed by atoms with van der Waals surface area (Å²) >= 11 is 0. The minimum Gasteiger partial charge on any atom is -0.501 e. The topological polar surface area (TPSA) is 35.0 Å². The summed E-state index contributed by atoms with van der Waals surface area (Å²) in [6.45, 7) is 0.782. The minimum atomic E-state index is 0.782. The van der Waals surface area contributed by atoms with Crippen LogP contribution in [0.4, 0.5) is 0 Å². The van der Waals surface area contributed by atoms with Crippen molar-refractivity contribution < 1.29 is 4.74 Å². The molecule has 0 spiro atoms. The lowest BCUT2D eigenvalue weighted by molar-refractivity contribution is 0.281. The molecule has 1 aliphatic rings. The van der Waals surface area contributed by atoms with Gasteiger partial charge in [0.15, 0.2) is 0 Å². The summed E-state index contributed by atoms with van der Waals surface area (Å²) in [6, 6.07) is 0. The lowest BCUT2D eigenvalue weighted by Gasteiger charge is -1.95. The zero-order valence-electron chi connectivity index (χ0n) is 6.03. The molecule has 56 valence electrons. The van der Waals surface area contributed by atoms with Crippen molar-refractivity contribution in [3.8, 4) is 0 Å². The second-order valence-electron chi connectivity index (χ2n) is 2.39. The number of nitrogens with zero attached hydrogens (tertiary/aromatic N) is 2. The number of hydrogen-bond donors (Lipinski definition) is 0. The van der Waals surface area contributed by atoms with Gasteiger partial charge in [-0.15, -0.1) is 0 Å². The average Bonchev–Trinajstić information content (AvgIpc) is 2.58. The predicted molar refractivity (Wildman–Crippen MR) is 40.6 cm³/mol. The number of ether oxygens (including phenoxy) is 1. The summed E-state index contributed by atoms with van der Waals surface area (Å²) in [7, 11) is 0. The second kappa shape index (κ2) is 2.70. The summed E-state index contributed by atoms with van der Waals surface area (Å²) in [5, 5.41) is 0. The number of aromatic nitrogens is 2. The Morgan fingerprint density at radius 3 is 2.73 bits per heavy atom. The smallest absolute Gasteiger partial charge is 0.115 e. The van der Waals surface area contributed by atoms with Crippen LogP contribution in [0.1, 0.15) is 12.0 Å². The molecule has 0 saturated carbocycles. The maximum atomic E-state index is 5.09. The molecule has 1 aromatic rings. The highest BCUT2D eigenvalue weighted by Gasteiger charge is 2.07. The van der Waals surface area contributed by atoms with Crippen molar-refractivity contribution in [2.24, 2.45) is 0 Å². The molecule has 11 heavy (non-hydrogen) atoms. The van der Waals surface area contributed by atoms with Crippen LogP contribution in [0.15, 0.2) is 25.0 Å². The van der Waals surface area contributed by atoms with Gasteiger partial charge in [0.1, 0.15) is 6.33 Å². The van der Waals surface area contributed by atoms with Crippen molar-refractivity contribution >= 4 is 5.57 Å². The normalized spacial score (nSPS) is 15.8. The third-order valence-corrected chi connectivity index (χ3v) is 1.65. The summed E-state index contributed by atoms with van der Waals surface area (Å²) in [4.78, 5) is 7.84. The van der Waals surface area contributed by atoms with Gasteiger partial charge in [-0.2, -0.15) is 0 Å². The molecule has 0 aliphatic carbocycles. The third-order valence-electron chi connectivity index (χ3n) is 1.65. The lowest BCUT2D eigenvalue weighted by atomic mass is 10.1. The van der Waals surface area contributed by atoms with Crippen LogP contribution in [0.2, 0.25) is 0 Å². The van der Waals surface area contributed by atoms with Crippen molar-refractivity contribution in [1.82, 2.24) is 9.97 Å². The fourth-order valence-electron chi connectivity index (χ4n) is 1.06. The van der Waals surface area contributed by atoms with E-state index in [0.29, 0.717) is 0 Å². The van der Waals surface area contributed by atoms with Gasteiger partial charge in [-0.3, -0.25) is 0 Å². The molecule has 0 saturated heterocycles. The van der Waals surface area contributed by atoms with E-state index in [1.54, 1.807) is 18.7 Å². The van der Waals surface area contributed by atoms with Gasteiger partial charge in [0.05, 0.1) is 12.9 Å². The Kier molecular flexibility index (Phi) is 1.55. The second-order valence-corrected chi connectivity index (χ2v) is 2.39. The summed E-state index contributed by atoms with van der Waals surface area (Å²) in [6.07, 6.45) is 7.87. The highest BCUT2D eigenvalue weighted by molar-refractivity contribution is 5.64. The maximum absolute atomic E-state index is 5.09. The molecule has 0 atom stereocenters. The van der Waals surface area contributed by atoms with Gasteiger partial charge < -0.3 is 4.74 Å². The van der Waals surface area contributed by atoms with E-state index in [4.69, 9.17) is 4.74 Å². The third kappa shape index (κ3) is 1.22. The summed E-state index contributed by atoms with van der Waals surface area (Å²) in [5.74, 6) is 0. The molecular weight excluding hydrogens is 140 g/mol. The first-order chi connectivity index (χ1) is 5.47. The Morgan fingerprint density at radius 1 is 1.27 bits per heavy atom. The Morgan fingerprint density at radius 2 is 2.09 bits per heavy atom. The van der Waals surface area contributed by atoms with Crippen LogP contribution in [-0.4, -0.2) is 16.6 Å². The first-order valence-electron chi connectivity index (χ1n) is 3.53. The van der Waals surface area contributed by atoms with E-state index in [1.165, 1.54) is 11.9 Å². The van der Waals surface area contributed by atoms with Crippen molar-refractivity contribution in [3.63, 3.8) is 0 Å². The average molecular weight is 148 g/mol. The van der Waals surface area contributed by atoms with Crippen molar-refractivity contribution in [3.05, 3.63) is 30.5 Å². The van der Waals surface area contributed by atoms with Crippen LogP contribution in [0.3, 0.4) is 0 Å². The first kappa shape index (κ1) is 6.34. The molecular formula is C8H8N2O. The van der Waals surface area contributed by atoms with Crippen LogP contribution in [0.25, 0.3) is 5.57 Å². The largest absolute Gasteiger partial charge is 0.501 e. The van der Waals surface area contributed by atoms with E-state index in [1.807, 2.05) is 0 Å². The Balaban J connectivity index is 2.29. The zero-order valence-corrected chi connectivity index (χ0v) is 6.03. The quantitative estimate of drug-likeness (QED) is 0.601. The molecule has 1 aromatic heterocycles. The van der Waals surface area contributed by atoms with Gasteiger partial charge in [-0.1, -0.05) is 0 Å². The van der Waals surface area contributed by atoms with Crippen molar-refractivity contribution in [2.75, 3.05) is 6.61 Å². The lowest BCUT2D eigenvalue weighted by Crippen LogP contribution is -1.84. The molecule has 0 unspecified atom stereocenters. The number of hydrogen-bond acceptors (Lipinski definition) is 3. The minimum absolute atomic E-state index is 0.782. The Bertz CT molecular complexity index is 269. The molecule has 2 heterocycles. The predicted octanol–water partition coefficient (Wildman–Crippen LogP) is 1.24. The van der Waals surface area contributed by atoms with Gasteiger partial charge in [0, 0.05) is 30.0 Å². The molecule has 2 rings (SSSR count). The van der Waals surface area contributed by atoms with Crippen LogP contribution in [0.5, 0.6) is 0 Å². The SMILES string of the molecule is C1=C(c2cncnc2)CCO1. The highest BCUT2D eigenvalue weighted by atomic mass is 16.5. The maximum Gasteiger partial charge on any atom is 0.115 e. The van der Waals surface area contributed by atoms with Crippen LogP contribution in [-0.2, 0) is 4.74 Å². The van der Waals surface area contributed by atoms with E-state index < -0.39 is 0 Å². The van der Waals surface area contributed by atoms with Crippen LogP contribution in [0, 0.1) is 0 Å². The van der Waals surface area contributed by atoms with Gasteiger partial charge in [-0.25, -0.2) is 9.97 Å².